The van der Waals surface area contributed by atoms with E-state index in [2.05, 4.69) is 0 Å². The molecule has 0 bridgehead atoms. The first-order valence-corrected chi connectivity index (χ1v) is 4.98. The molecule has 0 aliphatic heterocycles. The number of hydrogen-bond acceptors (Lipinski definition) is 1. The Balaban J connectivity index is 3.31. The van der Waals surface area contributed by atoms with Crippen molar-refractivity contribution in [3.8, 4) is 0 Å². The summed E-state index contributed by atoms with van der Waals surface area (Å²) in [6, 6.07) is 5.81. The Kier molecular flexibility index (Phi) is 3.69. The zero-order valence-corrected chi connectivity index (χ0v) is 9.06. The minimum absolute atomic E-state index is 0.586. The predicted molar refractivity (Wildman–Crippen MR) is 52.1 cm³/mol. The molecular formula is C10H8ClF5O. The predicted octanol–water partition coefficient (Wildman–Crippen LogP) is 3.31. The molecule has 0 unspecified atom stereocenters. The lowest BCUT2D eigenvalue weighted by molar-refractivity contribution is -0.341. The molecule has 1 atom stereocenters. The van der Waals surface area contributed by atoms with Crippen molar-refractivity contribution < 1.29 is 27.1 Å². The fourth-order valence-corrected chi connectivity index (χ4v) is 1.61. The molecule has 0 spiro atoms. The van der Waals surface area contributed by atoms with Gasteiger partial charge in [-0.25, -0.2) is 0 Å². The summed E-state index contributed by atoms with van der Waals surface area (Å²) in [6.45, 7) is 0. The highest BCUT2D eigenvalue weighted by Gasteiger charge is 2.70. The Morgan fingerprint density at radius 2 is 1.47 bits per heavy atom. The second-order valence-electron chi connectivity index (χ2n) is 3.43. The lowest BCUT2D eigenvalue weighted by atomic mass is 9.88. The van der Waals surface area contributed by atoms with Crippen LogP contribution in [0.2, 0.25) is 0 Å². The number of benzene rings is 1. The largest absolute Gasteiger partial charge is 0.456 e. The third kappa shape index (κ3) is 2.24. The zero-order chi connectivity index (χ0) is 13.3. The first-order chi connectivity index (χ1) is 7.67. The van der Waals surface area contributed by atoms with Gasteiger partial charge in [-0.05, 0) is 5.56 Å². The van der Waals surface area contributed by atoms with E-state index < -0.39 is 29.1 Å². The van der Waals surface area contributed by atoms with Gasteiger partial charge in [-0.1, -0.05) is 30.3 Å². The Morgan fingerprint density at radius 1 is 1.00 bits per heavy atom. The molecule has 0 amide bonds. The molecule has 1 nitrogen and oxygen atoms in total. The van der Waals surface area contributed by atoms with Gasteiger partial charge < -0.3 is 5.11 Å². The van der Waals surface area contributed by atoms with Crippen LogP contribution in [0.5, 0.6) is 0 Å². The average Bonchev–Trinajstić information content (AvgIpc) is 2.27. The van der Waals surface area contributed by atoms with Crippen molar-refractivity contribution in [3.05, 3.63) is 35.9 Å². The number of alkyl halides is 6. The van der Waals surface area contributed by atoms with Crippen molar-refractivity contribution in [2.75, 3.05) is 5.88 Å². The summed E-state index contributed by atoms with van der Waals surface area (Å²) in [5, 5.41) is 9.55. The van der Waals surface area contributed by atoms with Crippen LogP contribution in [-0.2, 0) is 5.60 Å². The maximum atomic E-state index is 13.2. The quantitative estimate of drug-likeness (QED) is 0.662. The molecule has 17 heavy (non-hydrogen) atoms. The summed E-state index contributed by atoms with van der Waals surface area (Å²) >= 11 is 5.10. The standard InChI is InChI=1S/C10H8ClF5O/c11-6-8(17,7-4-2-1-3-5-7)9(12,13)10(14,15)16/h1-5,17H,6H2/t8-/m0/s1. The van der Waals surface area contributed by atoms with Gasteiger partial charge >= 0.3 is 12.1 Å². The molecular weight excluding hydrogens is 267 g/mol. The van der Waals surface area contributed by atoms with E-state index in [-0.39, 0.29) is 0 Å². The molecule has 96 valence electrons. The fraction of sp³-hybridized carbons (Fsp3) is 0.400. The minimum Gasteiger partial charge on any atom is -0.377 e. The molecule has 0 aliphatic rings. The van der Waals surface area contributed by atoms with Gasteiger partial charge in [-0.15, -0.1) is 11.6 Å². The first kappa shape index (κ1) is 14.2. The highest BCUT2D eigenvalue weighted by atomic mass is 35.5. The summed E-state index contributed by atoms with van der Waals surface area (Å²) < 4.78 is 63.1. The van der Waals surface area contributed by atoms with E-state index in [0.29, 0.717) is 0 Å². The van der Waals surface area contributed by atoms with Gasteiger partial charge in [-0.3, -0.25) is 0 Å². The van der Waals surface area contributed by atoms with Gasteiger partial charge in [0.05, 0.1) is 5.88 Å². The van der Waals surface area contributed by atoms with Crippen molar-refractivity contribution in [2.45, 2.75) is 17.7 Å². The summed E-state index contributed by atoms with van der Waals surface area (Å²) in [4.78, 5) is 0. The van der Waals surface area contributed by atoms with Crippen LogP contribution in [0.3, 0.4) is 0 Å². The van der Waals surface area contributed by atoms with E-state index >= 15 is 0 Å². The summed E-state index contributed by atoms with van der Waals surface area (Å²) in [5.74, 6) is -6.60. The van der Waals surface area contributed by atoms with Crippen molar-refractivity contribution in [3.63, 3.8) is 0 Å². The normalized spacial score (nSPS) is 16.6. The third-order valence-electron chi connectivity index (χ3n) is 2.32. The lowest BCUT2D eigenvalue weighted by Crippen LogP contribution is -2.56. The van der Waals surface area contributed by atoms with Crippen LogP contribution in [0.1, 0.15) is 5.56 Å². The Bertz CT molecular complexity index is 378. The molecule has 1 rings (SSSR count). The molecule has 1 aromatic rings. The zero-order valence-electron chi connectivity index (χ0n) is 8.31. The van der Waals surface area contributed by atoms with Crippen molar-refractivity contribution in [2.24, 2.45) is 0 Å². The second-order valence-corrected chi connectivity index (χ2v) is 3.70. The summed E-state index contributed by atoms with van der Waals surface area (Å²) in [7, 11) is 0. The summed E-state index contributed by atoms with van der Waals surface area (Å²) in [6.07, 6.45) is -5.88. The van der Waals surface area contributed by atoms with Gasteiger partial charge in [-0.2, -0.15) is 22.0 Å². The number of rotatable bonds is 3. The van der Waals surface area contributed by atoms with Crippen LogP contribution in [0.4, 0.5) is 22.0 Å². The fourth-order valence-electron chi connectivity index (χ4n) is 1.29. The molecule has 7 heteroatoms. The lowest BCUT2D eigenvalue weighted by Gasteiger charge is -2.35. The van der Waals surface area contributed by atoms with Crippen LogP contribution >= 0.6 is 11.6 Å². The Hall–Kier alpha value is -0.880. The monoisotopic (exact) mass is 274 g/mol. The van der Waals surface area contributed by atoms with E-state index in [4.69, 9.17) is 11.6 Å². The molecule has 0 heterocycles. The van der Waals surface area contributed by atoms with Gasteiger partial charge in [0.2, 0.25) is 0 Å². The molecule has 0 radical (unpaired) electrons. The number of halogens is 6. The molecule has 0 saturated carbocycles. The summed E-state index contributed by atoms with van der Waals surface area (Å²) in [5.41, 5.74) is -4.06. The van der Waals surface area contributed by atoms with Crippen molar-refractivity contribution in [1.29, 1.82) is 0 Å². The molecule has 0 aromatic heterocycles. The van der Waals surface area contributed by atoms with Crippen LogP contribution < -0.4 is 0 Å². The van der Waals surface area contributed by atoms with E-state index in [1.165, 1.54) is 18.2 Å². The van der Waals surface area contributed by atoms with Crippen LogP contribution in [0.25, 0.3) is 0 Å². The van der Waals surface area contributed by atoms with E-state index in [9.17, 15) is 27.1 Å². The minimum atomic E-state index is -5.88. The molecule has 0 fully saturated rings. The maximum Gasteiger partial charge on any atom is 0.456 e. The number of hydrogen-bond donors (Lipinski definition) is 1. The topological polar surface area (TPSA) is 20.2 Å². The van der Waals surface area contributed by atoms with Gasteiger partial charge in [0, 0.05) is 0 Å². The maximum absolute atomic E-state index is 13.2. The Labute approximate surface area is 98.8 Å². The molecule has 0 saturated heterocycles. The highest BCUT2D eigenvalue weighted by Crippen LogP contribution is 2.48. The highest BCUT2D eigenvalue weighted by molar-refractivity contribution is 6.18. The Morgan fingerprint density at radius 3 is 1.82 bits per heavy atom. The van der Waals surface area contributed by atoms with Crippen LogP contribution in [0.15, 0.2) is 30.3 Å². The van der Waals surface area contributed by atoms with Gasteiger partial charge in [0.1, 0.15) is 0 Å². The molecule has 0 aliphatic carbocycles. The van der Waals surface area contributed by atoms with Crippen molar-refractivity contribution in [1.82, 2.24) is 0 Å². The van der Waals surface area contributed by atoms with E-state index in [1.807, 2.05) is 0 Å². The van der Waals surface area contributed by atoms with E-state index in [1.54, 1.807) is 0 Å². The molecule has 1 aromatic carbocycles. The van der Waals surface area contributed by atoms with Gasteiger partial charge in [0.15, 0.2) is 5.60 Å². The van der Waals surface area contributed by atoms with Gasteiger partial charge in [0.25, 0.3) is 0 Å². The first-order valence-electron chi connectivity index (χ1n) is 4.45. The number of aliphatic hydroxyl groups is 1. The van der Waals surface area contributed by atoms with E-state index in [0.717, 1.165) is 12.1 Å². The average molecular weight is 275 g/mol. The third-order valence-corrected chi connectivity index (χ3v) is 2.71. The van der Waals surface area contributed by atoms with Crippen molar-refractivity contribution >= 4 is 11.6 Å². The molecule has 1 N–H and O–H groups in total. The smallest absolute Gasteiger partial charge is 0.377 e. The second kappa shape index (κ2) is 4.42. The van der Waals surface area contributed by atoms with Crippen LogP contribution in [-0.4, -0.2) is 23.1 Å². The van der Waals surface area contributed by atoms with Crippen LogP contribution in [0, 0.1) is 0 Å². The SMILES string of the molecule is O[C@@](CCl)(c1ccccc1)C(F)(F)C(F)(F)F.